The normalized spacial score (nSPS) is 14.0. The molecule has 1 aliphatic rings. The van der Waals surface area contributed by atoms with Crippen LogP contribution in [0, 0.1) is 0 Å². The molecule has 0 radical (unpaired) electrons. The number of fused-ring (bicyclic) bond motifs is 1. The lowest BCUT2D eigenvalue weighted by Crippen LogP contribution is -2.19. The van der Waals surface area contributed by atoms with E-state index in [4.69, 9.17) is 9.26 Å². The Balaban J connectivity index is 1.86. The van der Waals surface area contributed by atoms with Crippen LogP contribution in [0.25, 0.3) is 0 Å². The molecule has 1 N–H and O–H groups in total. The van der Waals surface area contributed by atoms with E-state index in [1.165, 1.54) is 0 Å². The molecule has 0 saturated heterocycles. The zero-order valence-electron chi connectivity index (χ0n) is 11.9. The van der Waals surface area contributed by atoms with Crippen molar-refractivity contribution in [1.29, 1.82) is 0 Å². The van der Waals surface area contributed by atoms with Gasteiger partial charge in [-0.25, -0.2) is 4.98 Å². The van der Waals surface area contributed by atoms with Crippen molar-refractivity contribution in [3.8, 4) is 0 Å². The number of nitrogens with one attached hydrogen (secondary N) is 1. The van der Waals surface area contributed by atoms with Crippen molar-refractivity contribution in [1.82, 2.24) is 15.1 Å². The van der Waals surface area contributed by atoms with Gasteiger partial charge in [0, 0.05) is 18.8 Å². The van der Waals surface area contributed by atoms with Crippen molar-refractivity contribution in [2.45, 2.75) is 32.8 Å². The molecule has 1 amide bonds. The highest BCUT2D eigenvalue weighted by Gasteiger charge is 2.25. The predicted octanol–water partition coefficient (Wildman–Crippen LogP) is 1.91. The van der Waals surface area contributed by atoms with Crippen molar-refractivity contribution in [3.05, 3.63) is 35.1 Å². The molecule has 2 aromatic heterocycles. The average molecular weight is 288 g/mol. The number of carbonyl (C=O) groups is 1. The van der Waals surface area contributed by atoms with Crippen LogP contribution in [-0.2, 0) is 17.8 Å². The van der Waals surface area contributed by atoms with Crippen molar-refractivity contribution in [2.75, 3.05) is 11.9 Å². The van der Waals surface area contributed by atoms with Crippen LogP contribution < -0.4 is 5.32 Å². The van der Waals surface area contributed by atoms with E-state index in [1.807, 2.05) is 13.8 Å². The van der Waals surface area contributed by atoms with Gasteiger partial charge in [-0.1, -0.05) is 19.0 Å². The second-order valence-electron chi connectivity index (χ2n) is 5.13. The first kappa shape index (κ1) is 13.7. The van der Waals surface area contributed by atoms with E-state index in [2.05, 4.69) is 20.4 Å². The van der Waals surface area contributed by atoms with E-state index < -0.39 is 0 Å². The molecule has 2 aromatic rings. The summed E-state index contributed by atoms with van der Waals surface area (Å²) in [5.41, 5.74) is 1.71. The number of anilines is 1. The summed E-state index contributed by atoms with van der Waals surface area (Å²) in [7, 11) is 0. The van der Waals surface area contributed by atoms with Crippen LogP contribution in [0.4, 0.5) is 5.82 Å². The Labute approximate surface area is 121 Å². The summed E-state index contributed by atoms with van der Waals surface area (Å²) in [4.78, 5) is 20.8. The van der Waals surface area contributed by atoms with Gasteiger partial charge in [0.15, 0.2) is 11.5 Å². The Kier molecular flexibility index (Phi) is 3.66. The first-order valence-corrected chi connectivity index (χ1v) is 6.84. The van der Waals surface area contributed by atoms with Gasteiger partial charge in [0.25, 0.3) is 5.91 Å². The summed E-state index contributed by atoms with van der Waals surface area (Å²) in [5, 5.41) is 6.61. The van der Waals surface area contributed by atoms with E-state index in [0.29, 0.717) is 31.0 Å². The van der Waals surface area contributed by atoms with E-state index >= 15 is 0 Å². The topological polar surface area (TPSA) is 90.1 Å². The minimum atomic E-state index is -0.354. The van der Waals surface area contributed by atoms with Gasteiger partial charge in [-0.05, 0) is 5.92 Å². The fourth-order valence-corrected chi connectivity index (χ4v) is 2.24. The summed E-state index contributed by atoms with van der Waals surface area (Å²) < 4.78 is 10.5. The minimum Gasteiger partial charge on any atom is -0.376 e. The summed E-state index contributed by atoms with van der Waals surface area (Å²) in [5.74, 6) is 0.970. The van der Waals surface area contributed by atoms with Crippen molar-refractivity contribution >= 4 is 11.7 Å². The lowest BCUT2D eigenvalue weighted by molar-refractivity contribution is 0.0975. The Bertz CT molecular complexity index is 666. The Morgan fingerprint density at radius 1 is 1.33 bits per heavy atom. The number of nitrogens with zero attached hydrogens (tertiary/aromatic N) is 3. The number of amides is 1. The summed E-state index contributed by atoms with van der Waals surface area (Å²) >= 11 is 0. The molecule has 1 aliphatic heterocycles. The SMILES string of the molecule is CC(C)c1nccnc1NC(=O)c1noc2c1COCC2. The number of aromatic nitrogens is 3. The zero-order valence-corrected chi connectivity index (χ0v) is 11.9. The molecule has 7 nitrogen and oxygen atoms in total. The maximum absolute atomic E-state index is 12.4. The van der Waals surface area contributed by atoms with Crippen LogP contribution in [-0.4, -0.2) is 27.6 Å². The number of ether oxygens (including phenoxy) is 1. The predicted molar refractivity (Wildman–Crippen MR) is 73.9 cm³/mol. The first-order chi connectivity index (χ1) is 10.2. The maximum Gasteiger partial charge on any atom is 0.279 e. The van der Waals surface area contributed by atoms with Crippen LogP contribution in [0.3, 0.4) is 0 Å². The van der Waals surface area contributed by atoms with Crippen molar-refractivity contribution in [2.24, 2.45) is 0 Å². The van der Waals surface area contributed by atoms with Gasteiger partial charge in [0.05, 0.1) is 24.5 Å². The standard InChI is InChI=1S/C14H16N4O3/c1-8(2)11-13(16-5-4-15-11)17-14(19)12-9-7-20-6-3-10(9)21-18-12/h4-5,8H,3,6-7H2,1-2H3,(H,16,17,19). The van der Waals surface area contributed by atoms with Crippen molar-refractivity contribution in [3.63, 3.8) is 0 Å². The third-order valence-electron chi connectivity index (χ3n) is 3.31. The highest BCUT2D eigenvalue weighted by Crippen LogP contribution is 2.23. The Hall–Kier alpha value is -2.28. The molecule has 0 spiro atoms. The molecule has 0 unspecified atom stereocenters. The molecule has 0 aromatic carbocycles. The fourth-order valence-electron chi connectivity index (χ4n) is 2.24. The van der Waals surface area contributed by atoms with Crippen LogP contribution >= 0.6 is 0 Å². The third kappa shape index (κ3) is 2.64. The number of carbonyl (C=O) groups excluding carboxylic acids is 1. The van der Waals surface area contributed by atoms with Gasteiger partial charge >= 0.3 is 0 Å². The second kappa shape index (κ2) is 5.61. The number of hydrogen-bond donors (Lipinski definition) is 1. The molecule has 0 atom stereocenters. The highest BCUT2D eigenvalue weighted by molar-refractivity contribution is 6.03. The van der Waals surface area contributed by atoms with Gasteiger partial charge in [0.1, 0.15) is 5.76 Å². The minimum absolute atomic E-state index is 0.156. The molecule has 0 bridgehead atoms. The van der Waals surface area contributed by atoms with Gasteiger partial charge in [-0.15, -0.1) is 0 Å². The first-order valence-electron chi connectivity index (χ1n) is 6.84. The summed E-state index contributed by atoms with van der Waals surface area (Å²) in [6.07, 6.45) is 3.79. The van der Waals surface area contributed by atoms with E-state index in [0.717, 1.165) is 11.5 Å². The van der Waals surface area contributed by atoms with Gasteiger partial charge < -0.3 is 14.6 Å². The summed E-state index contributed by atoms with van der Waals surface area (Å²) in [6.45, 7) is 4.92. The van der Waals surface area contributed by atoms with Crippen LogP contribution in [0.2, 0.25) is 0 Å². The lowest BCUT2D eigenvalue weighted by atomic mass is 10.1. The largest absolute Gasteiger partial charge is 0.376 e. The van der Waals surface area contributed by atoms with Gasteiger partial charge in [-0.3, -0.25) is 9.78 Å². The van der Waals surface area contributed by atoms with E-state index in [-0.39, 0.29) is 17.5 Å². The molecule has 110 valence electrons. The quantitative estimate of drug-likeness (QED) is 0.927. The Morgan fingerprint density at radius 3 is 2.95 bits per heavy atom. The molecule has 0 fully saturated rings. The van der Waals surface area contributed by atoms with E-state index in [1.54, 1.807) is 12.4 Å². The Morgan fingerprint density at radius 2 is 2.14 bits per heavy atom. The van der Waals surface area contributed by atoms with Crippen molar-refractivity contribution < 1.29 is 14.1 Å². The van der Waals surface area contributed by atoms with Crippen LogP contribution in [0.15, 0.2) is 16.9 Å². The number of hydrogen-bond acceptors (Lipinski definition) is 6. The second-order valence-corrected chi connectivity index (χ2v) is 5.13. The van der Waals surface area contributed by atoms with E-state index in [9.17, 15) is 4.79 Å². The molecule has 21 heavy (non-hydrogen) atoms. The average Bonchev–Trinajstić information content (AvgIpc) is 2.91. The monoisotopic (exact) mass is 288 g/mol. The molecule has 0 aliphatic carbocycles. The molecule has 7 heteroatoms. The zero-order chi connectivity index (χ0) is 14.8. The fraction of sp³-hybridized carbons (Fsp3) is 0.429. The molecule has 3 heterocycles. The molecule has 0 saturated carbocycles. The molecule has 3 rings (SSSR count). The van der Waals surface area contributed by atoms with Crippen LogP contribution in [0.1, 0.15) is 47.3 Å². The molecular weight excluding hydrogens is 272 g/mol. The van der Waals surface area contributed by atoms with Gasteiger partial charge in [-0.2, -0.15) is 0 Å². The lowest BCUT2D eigenvalue weighted by Gasteiger charge is -2.12. The highest BCUT2D eigenvalue weighted by atomic mass is 16.5. The smallest absolute Gasteiger partial charge is 0.279 e. The maximum atomic E-state index is 12.4. The third-order valence-corrected chi connectivity index (χ3v) is 3.31. The number of rotatable bonds is 3. The van der Waals surface area contributed by atoms with Gasteiger partial charge in [0.2, 0.25) is 0 Å². The summed E-state index contributed by atoms with van der Waals surface area (Å²) in [6, 6.07) is 0. The molecular formula is C14H16N4O3. The van der Waals surface area contributed by atoms with Crippen LogP contribution in [0.5, 0.6) is 0 Å².